The number of rotatable bonds is 1. The van der Waals surface area contributed by atoms with Crippen molar-refractivity contribution in [1.82, 2.24) is 4.90 Å². The standard InChI is InChI=1S/C10H18N2O/c1-10(4-2-5-10)9(13)12-6-3-8(11)7-12/h8H,2-7,11H2,1H3. The molecule has 13 heavy (non-hydrogen) atoms. The zero-order valence-electron chi connectivity index (χ0n) is 8.25. The lowest BCUT2D eigenvalue weighted by Gasteiger charge is -2.39. The van der Waals surface area contributed by atoms with Crippen molar-refractivity contribution in [3.63, 3.8) is 0 Å². The van der Waals surface area contributed by atoms with E-state index < -0.39 is 0 Å². The molecule has 0 aromatic rings. The van der Waals surface area contributed by atoms with Crippen LogP contribution >= 0.6 is 0 Å². The first-order valence-electron chi connectivity index (χ1n) is 5.17. The summed E-state index contributed by atoms with van der Waals surface area (Å²) < 4.78 is 0. The summed E-state index contributed by atoms with van der Waals surface area (Å²) in [4.78, 5) is 13.9. The predicted octanol–water partition coefficient (Wildman–Crippen LogP) is 0.736. The van der Waals surface area contributed by atoms with Crippen molar-refractivity contribution in [3.05, 3.63) is 0 Å². The Kier molecular flexibility index (Phi) is 2.06. The summed E-state index contributed by atoms with van der Waals surface area (Å²) in [6, 6.07) is 0.215. The van der Waals surface area contributed by atoms with Crippen LogP contribution < -0.4 is 5.73 Å². The number of carbonyl (C=O) groups is 1. The Hall–Kier alpha value is -0.570. The molecule has 1 saturated heterocycles. The fraction of sp³-hybridized carbons (Fsp3) is 0.900. The van der Waals surface area contributed by atoms with E-state index in [0.717, 1.165) is 32.4 Å². The lowest BCUT2D eigenvalue weighted by Crippen LogP contribution is -2.45. The number of hydrogen-bond acceptors (Lipinski definition) is 2. The molecular formula is C10H18N2O. The first-order valence-corrected chi connectivity index (χ1v) is 5.17. The second kappa shape index (κ2) is 2.98. The SMILES string of the molecule is CC1(C(=O)N2CCC(N)C2)CCC1. The van der Waals surface area contributed by atoms with E-state index in [1.165, 1.54) is 6.42 Å². The minimum atomic E-state index is -0.0376. The van der Waals surface area contributed by atoms with Gasteiger partial charge in [0.25, 0.3) is 0 Å². The lowest BCUT2D eigenvalue weighted by atomic mass is 9.69. The summed E-state index contributed by atoms with van der Waals surface area (Å²) in [5.41, 5.74) is 5.73. The number of amides is 1. The highest BCUT2D eigenvalue weighted by Gasteiger charge is 2.42. The quantitative estimate of drug-likeness (QED) is 0.650. The molecule has 0 spiro atoms. The lowest BCUT2D eigenvalue weighted by molar-refractivity contribution is -0.144. The highest BCUT2D eigenvalue weighted by molar-refractivity contribution is 5.83. The maximum absolute atomic E-state index is 12.0. The van der Waals surface area contributed by atoms with Gasteiger partial charge < -0.3 is 10.6 Å². The third kappa shape index (κ3) is 1.46. The van der Waals surface area contributed by atoms with Crippen molar-refractivity contribution in [1.29, 1.82) is 0 Å². The van der Waals surface area contributed by atoms with Gasteiger partial charge in [-0.1, -0.05) is 13.3 Å². The molecule has 1 unspecified atom stereocenters. The van der Waals surface area contributed by atoms with Gasteiger partial charge in [0.05, 0.1) is 0 Å². The van der Waals surface area contributed by atoms with Crippen molar-refractivity contribution in [2.45, 2.75) is 38.6 Å². The van der Waals surface area contributed by atoms with Crippen molar-refractivity contribution in [2.24, 2.45) is 11.1 Å². The van der Waals surface area contributed by atoms with Crippen LogP contribution in [0.1, 0.15) is 32.6 Å². The third-order valence-electron chi connectivity index (χ3n) is 3.49. The fourth-order valence-electron chi connectivity index (χ4n) is 2.27. The molecule has 1 heterocycles. The summed E-state index contributed by atoms with van der Waals surface area (Å²) >= 11 is 0. The Morgan fingerprint density at radius 1 is 1.54 bits per heavy atom. The van der Waals surface area contributed by atoms with Gasteiger partial charge in [0.1, 0.15) is 0 Å². The molecule has 1 atom stereocenters. The van der Waals surface area contributed by atoms with E-state index in [2.05, 4.69) is 6.92 Å². The van der Waals surface area contributed by atoms with Crippen LogP contribution in [0.5, 0.6) is 0 Å². The highest BCUT2D eigenvalue weighted by atomic mass is 16.2. The normalized spacial score (nSPS) is 31.5. The number of likely N-dealkylation sites (tertiary alicyclic amines) is 1. The van der Waals surface area contributed by atoms with E-state index in [4.69, 9.17) is 5.73 Å². The van der Waals surface area contributed by atoms with Crippen LogP contribution in [0.3, 0.4) is 0 Å². The average molecular weight is 182 g/mol. The summed E-state index contributed by atoms with van der Waals surface area (Å²) in [6.07, 6.45) is 4.32. The van der Waals surface area contributed by atoms with Gasteiger partial charge in [0.15, 0.2) is 0 Å². The van der Waals surface area contributed by atoms with E-state index in [9.17, 15) is 4.79 Å². The number of nitrogens with zero attached hydrogens (tertiary/aromatic N) is 1. The minimum Gasteiger partial charge on any atom is -0.341 e. The van der Waals surface area contributed by atoms with E-state index >= 15 is 0 Å². The summed E-state index contributed by atoms with van der Waals surface area (Å²) in [5, 5.41) is 0. The van der Waals surface area contributed by atoms with E-state index in [1.54, 1.807) is 0 Å². The molecule has 3 nitrogen and oxygen atoms in total. The Labute approximate surface area is 79.3 Å². The first-order chi connectivity index (χ1) is 6.12. The number of hydrogen-bond donors (Lipinski definition) is 1. The van der Waals surface area contributed by atoms with Crippen LogP contribution in [0.2, 0.25) is 0 Å². The maximum Gasteiger partial charge on any atom is 0.228 e. The summed E-state index contributed by atoms with van der Waals surface area (Å²) in [5.74, 6) is 0.340. The van der Waals surface area contributed by atoms with E-state index in [-0.39, 0.29) is 11.5 Å². The van der Waals surface area contributed by atoms with Crippen molar-refractivity contribution in [3.8, 4) is 0 Å². The van der Waals surface area contributed by atoms with Crippen LogP contribution in [-0.4, -0.2) is 29.9 Å². The average Bonchev–Trinajstić information content (AvgIpc) is 2.46. The Balaban J connectivity index is 1.97. The molecule has 74 valence electrons. The predicted molar refractivity (Wildman–Crippen MR) is 51.1 cm³/mol. The van der Waals surface area contributed by atoms with Crippen LogP contribution in [0.15, 0.2) is 0 Å². The van der Waals surface area contributed by atoms with Crippen LogP contribution in [-0.2, 0) is 4.79 Å². The van der Waals surface area contributed by atoms with Gasteiger partial charge in [-0.15, -0.1) is 0 Å². The van der Waals surface area contributed by atoms with Crippen molar-refractivity contribution in [2.75, 3.05) is 13.1 Å². The smallest absolute Gasteiger partial charge is 0.228 e. The minimum absolute atomic E-state index is 0.0376. The van der Waals surface area contributed by atoms with Crippen LogP contribution in [0.25, 0.3) is 0 Å². The van der Waals surface area contributed by atoms with Crippen molar-refractivity contribution < 1.29 is 4.79 Å². The molecule has 1 saturated carbocycles. The van der Waals surface area contributed by atoms with E-state index in [1.807, 2.05) is 4.90 Å². The second-order valence-electron chi connectivity index (χ2n) is 4.71. The Morgan fingerprint density at radius 2 is 2.23 bits per heavy atom. The number of carbonyl (C=O) groups excluding carboxylic acids is 1. The van der Waals surface area contributed by atoms with Crippen LogP contribution in [0.4, 0.5) is 0 Å². The molecule has 2 aliphatic rings. The molecule has 2 N–H and O–H groups in total. The monoisotopic (exact) mass is 182 g/mol. The molecule has 1 aliphatic heterocycles. The molecule has 0 aromatic heterocycles. The molecular weight excluding hydrogens is 164 g/mol. The van der Waals surface area contributed by atoms with Gasteiger partial charge in [-0.2, -0.15) is 0 Å². The maximum atomic E-state index is 12.0. The Bertz CT molecular complexity index is 223. The van der Waals surface area contributed by atoms with Gasteiger partial charge in [-0.3, -0.25) is 4.79 Å². The molecule has 0 radical (unpaired) electrons. The molecule has 0 aromatic carbocycles. The molecule has 1 amide bonds. The first kappa shape index (κ1) is 9.00. The van der Waals surface area contributed by atoms with Crippen molar-refractivity contribution >= 4 is 5.91 Å². The zero-order valence-corrected chi connectivity index (χ0v) is 8.25. The van der Waals surface area contributed by atoms with Gasteiger partial charge in [0, 0.05) is 24.5 Å². The number of nitrogens with two attached hydrogens (primary N) is 1. The van der Waals surface area contributed by atoms with Crippen LogP contribution in [0, 0.1) is 5.41 Å². The fourth-order valence-corrected chi connectivity index (χ4v) is 2.27. The zero-order chi connectivity index (χ0) is 9.47. The molecule has 2 fully saturated rings. The second-order valence-corrected chi connectivity index (χ2v) is 4.71. The van der Waals surface area contributed by atoms with E-state index in [0.29, 0.717) is 5.91 Å². The van der Waals surface area contributed by atoms with Gasteiger partial charge in [-0.05, 0) is 19.3 Å². The van der Waals surface area contributed by atoms with Gasteiger partial charge >= 0.3 is 0 Å². The summed E-state index contributed by atoms with van der Waals surface area (Å²) in [6.45, 7) is 3.73. The largest absolute Gasteiger partial charge is 0.341 e. The molecule has 2 rings (SSSR count). The summed E-state index contributed by atoms with van der Waals surface area (Å²) in [7, 11) is 0. The molecule has 0 bridgehead atoms. The van der Waals surface area contributed by atoms with Gasteiger partial charge in [-0.25, -0.2) is 0 Å². The third-order valence-corrected chi connectivity index (χ3v) is 3.49. The van der Waals surface area contributed by atoms with Gasteiger partial charge in [0.2, 0.25) is 5.91 Å². The highest BCUT2D eigenvalue weighted by Crippen LogP contribution is 2.42. The topological polar surface area (TPSA) is 46.3 Å². The molecule has 3 heteroatoms. The Morgan fingerprint density at radius 3 is 2.62 bits per heavy atom. The molecule has 1 aliphatic carbocycles.